The van der Waals surface area contributed by atoms with Gasteiger partial charge >= 0.3 is 12.1 Å². The van der Waals surface area contributed by atoms with Crippen molar-refractivity contribution in [2.24, 2.45) is 0 Å². The molecule has 0 unspecified atom stereocenters. The van der Waals surface area contributed by atoms with Crippen molar-refractivity contribution in [3.05, 3.63) is 52.8 Å². The first kappa shape index (κ1) is 17.9. The van der Waals surface area contributed by atoms with E-state index in [-0.39, 0.29) is 23.6 Å². The molecule has 0 spiro atoms. The van der Waals surface area contributed by atoms with Gasteiger partial charge in [-0.25, -0.2) is 14.3 Å². The van der Waals surface area contributed by atoms with Crippen LogP contribution in [0.1, 0.15) is 34.2 Å². The van der Waals surface area contributed by atoms with E-state index < -0.39 is 17.8 Å². The number of hydrogen-bond acceptors (Lipinski definition) is 4. The van der Waals surface area contributed by atoms with E-state index in [9.17, 15) is 18.0 Å². The molecule has 3 rings (SSSR count). The van der Waals surface area contributed by atoms with E-state index in [4.69, 9.17) is 4.74 Å². The first-order valence-electron chi connectivity index (χ1n) is 7.93. The van der Waals surface area contributed by atoms with E-state index in [2.05, 4.69) is 10.1 Å². The molecule has 0 fully saturated rings. The number of alkyl halides is 3. The molecule has 136 valence electrons. The Bertz CT molecular complexity index is 993. The van der Waals surface area contributed by atoms with Gasteiger partial charge in [-0.15, -0.1) is 0 Å². The highest BCUT2D eigenvalue weighted by Gasteiger charge is 2.35. The summed E-state index contributed by atoms with van der Waals surface area (Å²) in [6.45, 7) is 5.49. The highest BCUT2D eigenvalue weighted by molar-refractivity contribution is 5.88. The van der Waals surface area contributed by atoms with E-state index >= 15 is 0 Å². The van der Waals surface area contributed by atoms with Crippen molar-refractivity contribution in [2.75, 3.05) is 6.61 Å². The summed E-state index contributed by atoms with van der Waals surface area (Å²) in [4.78, 5) is 16.1. The molecule has 26 heavy (non-hydrogen) atoms. The summed E-state index contributed by atoms with van der Waals surface area (Å²) in [6, 6.07) is 7.43. The summed E-state index contributed by atoms with van der Waals surface area (Å²) in [5.41, 5.74) is 1.38. The van der Waals surface area contributed by atoms with Gasteiger partial charge in [-0.05, 0) is 44.0 Å². The van der Waals surface area contributed by atoms with Crippen LogP contribution < -0.4 is 0 Å². The number of nitrogens with zero attached hydrogens (tertiary/aromatic N) is 3. The third kappa shape index (κ3) is 3.26. The van der Waals surface area contributed by atoms with Crippen molar-refractivity contribution in [1.82, 2.24) is 14.6 Å². The van der Waals surface area contributed by atoms with Crippen molar-refractivity contribution in [1.29, 1.82) is 0 Å². The number of benzene rings is 1. The third-order valence-corrected chi connectivity index (χ3v) is 4.00. The molecular weight excluding hydrogens is 347 g/mol. The molecule has 0 aliphatic rings. The van der Waals surface area contributed by atoms with Crippen LogP contribution in [-0.4, -0.2) is 27.2 Å². The number of esters is 1. The van der Waals surface area contributed by atoms with Crippen molar-refractivity contribution in [3.63, 3.8) is 0 Å². The van der Waals surface area contributed by atoms with Gasteiger partial charge in [0.25, 0.3) is 0 Å². The van der Waals surface area contributed by atoms with Gasteiger partial charge in [-0.1, -0.05) is 12.1 Å². The lowest BCUT2D eigenvalue weighted by molar-refractivity contribution is -0.142. The largest absolute Gasteiger partial charge is 0.461 e. The van der Waals surface area contributed by atoms with Gasteiger partial charge in [0, 0.05) is 11.6 Å². The minimum absolute atomic E-state index is 0.0730. The van der Waals surface area contributed by atoms with Crippen LogP contribution >= 0.6 is 0 Å². The lowest BCUT2D eigenvalue weighted by atomic mass is 10.0. The van der Waals surface area contributed by atoms with Crippen LogP contribution in [0.5, 0.6) is 0 Å². The van der Waals surface area contributed by atoms with Crippen molar-refractivity contribution in [2.45, 2.75) is 26.9 Å². The Hall–Kier alpha value is -2.90. The van der Waals surface area contributed by atoms with Gasteiger partial charge in [-0.2, -0.15) is 18.3 Å². The third-order valence-electron chi connectivity index (χ3n) is 4.00. The molecule has 0 radical (unpaired) electrons. The van der Waals surface area contributed by atoms with E-state index in [0.29, 0.717) is 10.1 Å². The molecule has 0 bridgehead atoms. The number of rotatable bonds is 3. The zero-order valence-corrected chi connectivity index (χ0v) is 14.4. The molecule has 2 heterocycles. The van der Waals surface area contributed by atoms with Crippen molar-refractivity contribution < 1.29 is 22.7 Å². The molecule has 0 N–H and O–H groups in total. The van der Waals surface area contributed by atoms with E-state index in [0.717, 1.165) is 17.2 Å². The number of aromatic nitrogens is 3. The topological polar surface area (TPSA) is 56.5 Å². The van der Waals surface area contributed by atoms with Crippen LogP contribution in [0.4, 0.5) is 13.2 Å². The molecular formula is C18H16F3N3O2. The summed E-state index contributed by atoms with van der Waals surface area (Å²) < 4.78 is 46.0. The van der Waals surface area contributed by atoms with E-state index in [1.54, 1.807) is 19.1 Å². The predicted molar refractivity (Wildman–Crippen MR) is 88.9 cm³/mol. The van der Waals surface area contributed by atoms with Gasteiger partial charge in [0.1, 0.15) is 0 Å². The van der Waals surface area contributed by atoms with Gasteiger partial charge in [0.2, 0.25) is 0 Å². The van der Waals surface area contributed by atoms with Gasteiger partial charge in [-0.3, -0.25) is 0 Å². The van der Waals surface area contributed by atoms with Crippen LogP contribution in [0.15, 0.2) is 30.3 Å². The second-order valence-electron chi connectivity index (χ2n) is 5.84. The fourth-order valence-corrected chi connectivity index (χ4v) is 2.53. The molecule has 2 aromatic heterocycles. The maximum Gasteiger partial charge on any atom is 0.433 e. The molecule has 3 aromatic rings. The summed E-state index contributed by atoms with van der Waals surface area (Å²) in [5, 5.41) is 3.72. The second kappa shape index (κ2) is 6.44. The molecule has 1 aromatic carbocycles. The zero-order valence-electron chi connectivity index (χ0n) is 14.4. The first-order valence-corrected chi connectivity index (χ1v) is 7.93. The number of carbonyl (C=O) groups is 1. The quantitative estimate of drug-likeness (QED) is 0.654. The first-order chi connectivity index (χ1) is 12.2. The Labute approximate surface area is 147 Å². The summed E-state index contributed by atoms with van der Waals surface area (Å²) in [7, 11) is 0. The minimum Gasteiger partial charge on any atom is -0.461 e. The standard InChI is InChI=1S/C18H16F3N3O2/c1-4-26-17(25)14-9-16-22-13(12-6-5-10(2)11(3)7-12)8-15(18(19,20)21)24(16)23-14/h5-9H,4H2,1-3H3. The van der Waals surface area contributed by atoms with Crippen LogP contribution in [0.3, 0.4) is 0 Å². The van der Waals surface area contributed by atoms with Gasteiger partial charge in [0.05, 0.1) is 12.3 Å². The molecule has 0 aliphatic heterocycles. The normalized spacial score (nSPS) is 11.8. The molecule has 0 amide bonds. The predicted octanol–water partition coefficient (Wildman–Crippen LogP) is 4.21. The summed E-state index contributed by atoms with van der Waals surface area (Å²) in [5.74, 6) is -0.793. The lowest BCUT2D eigenvalue weighted by Crippen LogP contribution is -2.14. The highest BCUT2D eigenvalue weighted by atomic mass is 19.4. The van der Waals surface area contributed by atoms with E-state index in [1.165, 1.54) is 6.07 Å². The number of fused-ring (bicyclic) bond motifs is 1. The Balaban J connectivity index is 2.22. The number of aryl methyl sites for hydroxylation is 2. The minimum atomic E-state index is -4.66. The van der Waals surface area contributed by atoms with Crippen LogP contribution in [0.25, 0.3) is 16.9 Å². The maximum atomic E-state index is 13.5. The number of hydrogen-bond donors (Lipinski definition) is 0. The fourth-order valence-electron chi connectivity index (χ4n) is 2.53. The second-order valence-corrected chi connectivity index (χ2v) is 5.84. The van der Waals surface area contributed by atoms with Gasteiger partial charge in [0.15, 0.2) is 17.0 Å². The molecule has 0 saturated heterocycles. The van der Waals surface area contributed by atoms with Crippen LogP contribution in [-0.2, 0) is 10.9 Å². The highest BCUT2D eigenvalue weighted by Crippen LogP contribution is 2.32. The van der Waals surface area contributed by atoms with Crippen LogP contribution in [0.2, 0.25) is 0 Å². The molecule has 0 atom stereocenters. The van der Waals surface area contributed by atoms with Crippen molar-refractivity contribution in [3.8, 4) is 11.3 Å². The SMILES string of the molecule is CCOC(=O)c1cc2nc(-c3ccc(C)c(C)c3)cc(C(F)(F)F)n2n1. The van der Waals surface area contributed by atoms with Gasteiger partial charge < -0.3 is 4.74 Å². The summed E-state index contributed by atoms with van der Waals surface area (Å²) in [6.07, 6.45) is -4.66. The Morgan fingerprint density at radius 2 is 1.88 bits per heavy atom. The monoisotopic (exact) mass is 363 g/mol. The number of halogens is 3. The molecule has 8 heteroatoms. The lowest BCUT2D eigenvalue weighted by Gasteiger charge is -2.11. The fraction of sp³-hybridized carbons (Fsp3) is 0.278. The molecule has 0 aliphatic carbocycles. The van der Waals surface area contributed by atoms with Crippen LogP contribution in [0, 0.1) is 13.8 Å². The zero-order chi connectivity index (χ0) is 19.1. The Morgan fingerprint density at radius 3 is 2.50 bits per heavy atom. The Morgan fingerprint density at radius 1 is 1.15 bits per heavy atom. The number of carbonyl (C=O) groups excluding carboxylic acids is 1. The Kier molecular flexibility index (Phi) is 4.43. The molecule has 5 nitrogen and oxygen atoms in total. The maximum absolute atomic E-state index is 13.5. The van der Waals surface area contributed by atoms with E-state index in [1.807, 2.05) is 19.9 Å². The summed E-state index contributed by atoms with van der Waals surface area (Å²) >= 11 is 0. The average Bonchev–Trinajstić information content (AvgIpc) is 2.99. The molecule has 0 saturated carbocycles. The number of ether oxygens (including phenoxy) is 1. The van der Waals surface area contributed by atoms with Crippen molar-refractivity contribution >= 4 is 11.6 Å². The smallest absolute Gasteiger partial charge is 0.433 e. The average molecular weight is 363 g/mol.